The van der Waals surface area contributed by atoms with E-state index in [1.54, 1.807) is 42.5 Å². The molecule has 0 aliphatic heterocycles. The number of para-hydroxylation sites is 1. The number of carboxylic acid groups (broad SMARTS) is 1. The zero-order chi connectivity index (χ0) is 20.6. The fourth-order valence-electron chi connectivity index (χ4n) is 2.79. The molecule has 0 aliphatic carbocycles. The molecule has 0 fully saturated rings. The number of benzene rings is 3. The molecular weight excluding hydrogens is 372 g/mol. The standard InChI is InChI=1S/C22H20N2O5/c25-20(14-29-17-8-2-1-3-9-17)23-10-11-24-21(26)18-12-15-6-4-5-7-16(15)13-19(18)22(27)28/h1-9,12-13H,10-11,14H2,(H,23,25)(H,24,26)(H,27,28). The fraction of sp³-hybridized carbons (Fsp3) is 0.136. The second-order valence-corrected chi connectivity index (χ2v) is 6.26. The Morgan fingerprint density at radius 3 is 2.03 bits per heavy atom. The van der Waals surface area contributed by atoms with E-state index < -0.39 is 11.9 Å². The van der Waals surface area contributed by atoms with Gasteiger partial charge in [0.25, 0.3) is 11.8 Å². The van der Waals surface area contributed by atoms with Crippen molar-refractivity contribution >= 4 is 28.6 Å². The third-order valence-electron chi connectivity index (χ3n) is 4.21. The van der Waals surface area contributed by atoms with E-state index in [1.807, 2.05) is 18.2 Å². The monoisotopic (exact) mass is 392 g/mol. The van der Waals surface area contributed by atoms with E-state index in [0.29, 0.717) is 5.75 Å². The minimum Gasteiger partial charge on any atom is -0.484 e. The summed E-state index contributed by atoms with van der Waals surface area (Å²) in [4.78, 5) is 35.8. The second kappa shape index (κ2) is 9.36. The van der Waals surface area contributed by atoms with Crippen LogP contribution in [0.2, 0.25) is 0 Å². The first kappa shape index (κ1) is 19.9. The normalized spacial score (nSPS) is 10.3. The van der Waals surface area contributed by atoms with Gasteiger partial charge in [0.05, 0.1) is 11.1 Å². The minimum absolute atomic E-state index is 0.0681. The van der Waals surface area contributed by atoms with Gasteiger partial charge < -0.3 is 20.5 Å². The van der Waals surface area contributed by atoms with Gasteiger partial charge in [-0.05, 0) is 35.0 Å². The van der Waals surface area contributed by atoms with Gasteiger partial charge in [-0.2, -0.15) is 0 Å². The number of nitrogens with one attached hydrogen (secondary N) is 2. The van der Waals surface area contributed by atoms with Gasteiger partial charge in [0.1, 0.15) is 5.75 Å². The summed E-state index contributed by atoms with van der Waals surface area (Å²) in [6.45, 7) is 0.215. The van der Waals surface area contributed by atoms with Gasteiger partial charge in [-0.25, -0.2) is 4.79 Å². The zero-order valence-corrected chi connectivity index (χ0v) is 15.6. The average Bonchev–Trinajstić information content (AvgIpc) is 2.74. The van der Waals surface area contributed by atoms with Crippen LogP contribution < -0.4 is 15.4 Å². The van der Waals surface area contributed by atoms with E-state index in [9.17, 15) is 19.5 Å². The molecule has 3 rings (SSSR count). The van der Waals surface area contributed by atoms with Gasteiger partial charge >= 0.3 is 5.97 Å². The van der Waals surface area contributed by atoms with Crippen LogP contribution in [-0.4, -0.2) is 42.6 Å². The predicted octanol–water partition coefficient (Wildman–Crippen LogP) is 2.46. The van der Waals surface area contributed by atoms with Crippen LogP contribution >= 0.6 is 0 Å². The Balaban J connectivity index is 1.52. The Labute approximate surface area is 167 Å². The molecule has 0 spiro atoms. The molecule has 3 aromatic rings. The SMILES string of the molecule is O=C(COc1ccccc1)NCCNC(=O)c1cc2ccccc2cc1C(=O)O. The number of carbonyl (C=O) groups is 3. The Bertz CT molecular complexity index is 1030. The largest absolute Gasteiger partial charge is 0.484 e. The minimum atomic E-state index is -1.17. The van der Waals surface area contributed by atoms with Crippen LogP contribution in [0.1, 0.15) is 20.7 Å². The van der Waals surface area contributed by atoms with Gasteiger partial charge in [-0.15, -0.1) is 0 Å². The smallest absolute Gasteiger partial charge is 0.336 e. The number of carbonyl (C=O) groups excluding carboxylic acids is 2. The number of hydrogen-bond acceptors (Lipinski definition) is 4. The van der Waals surface area contributed by atoms with E-state index in [4.69, 9.17) is 4.74 Å². The second-order valence-electron chi connectivity index (χ2n) is 6.26. The lowest BCUT2D eigenvalue weighted by Crippen LogP contribution is -2.37. The van der Waals surface area contributed by atoms with Crippen LogP contribution in [0, 0.1) is 0 Å². The van der Waals surface area contributed by atoms with Gasteiger partial charge in [0, 0.05) is 13.1 Å². The topological polar surface area (TPSA) is 105 Å². The van der Waals surface area contributed by atoms with Crippen molar-refractivity contribution in [2.75, 3.05) is 19.7 Å². The number of amides is 2. The molecule has 148 valence electrons. The van der Waals surface area contributed by atoms with Crippen LogP contribution in [0.4, 0.5) is 0 Å². The number of ether oxygens (including phenoxy) is 1. The van der Waals surface area contributed by atoms with E-state index in [0.717, 1.165) is 10.8 Å². The molecule has 0 heterocycles. The molecule has 0 radical (unpaired) electrons. The summed E-state index contributed by atoms with van der Waals surface area (Å²) in [5, 5.41) is 16.2. The Morgan fingerprint density at radius 1 is 0.793 bits per heavy atom. The maximum Gasteiger partial charge on any atom is 0.336 e. The first-order valence-electron chi connectivity index (χ1n) is 9.03. The number of rotatable bonds is 8. The molecule has 3 N–H and O–H groups in total. The summed E-state index contributed by atoms with van der Waals surface area (Å²) in [6.07, 6.45) is 0. The van der Waals surface area contributed by atoms with Crippen LogP contribution in [-0.2, 0) is 4.79 Å². The summed E-state index contributed by atoms with van der Waals surface area (Å²) in [7, 11) is 0. The highest BCUT2D eigenvalue weighted by molar-refractivity contribution is 6.08. The number of fused-ring (bicyclic) bond motifs is 1. The lowest BCUT2D eigenvalue weighted by molar-refractivity contribution is -0.123. The predicted molar refractivity (Wildman–Crippen MR) is 108 cm³/mol. The van der Waals surface area contributed by atoms with E-state index in [-0.39, 0.29) is 36.7 Å². The van der Waals surface area contributed by atoms with Crippen LogP contribution in [0.5, 0.6) is 5.75 Å². The molecule has 29 heavy (non-hydrogen) atoms. The van der Waals surface area contributed by atoms with Crippen molar-refractivity contribution in [2.45, 2.75) is 0 Å². The summed E-state index contributed by atoms with van der Waals surface area (Å²) in [6, 6.07) is 19.2. The molecule has 3 aromatic carbocycles. The molecule has 0 unspecified atom stereocenters. The van der Waals surface area contributed by atoms with Crippen molar-refractivity contribution < 1.29 is 24.2 Å². The molecule has 0 saturated carbocycles. The van der Waals surface area contributed by atoms with Gasteiger partial charge in [0.2, 0.25) is 0 Å². The molecule has 2 amide bonds. The highest BCUT2D eigenvalue weighted by Crippen LogP contribution is 2.20. The third-order valence-corrected chi connectivity index (χ3v) is 4.21. The number of aromatic carboxylic acids is 1. The maximum absolute atomic E-state index is 12.5. The molecule has 0 aliphatic rings. The van der Waals surface area contributed by atoms with Crippen LogP contribution in [0.25, 0.3) is 10.8 Å². The Kier molecular flexibility index (Phi) is 6.42. The van der Waals surface area contributed by atoms with Crippen molar-refractivity contribution in [3.63, 3.8) is 0 Å². The number of carboxylic acids is 1. The highest BCUT2D eigenvalue weighted by Gasteiger charge is 2.17. The summed E-state index contributed by atoms with van der Waals surface area (Å²) in [5.41, 5.74) is 0.0106. The first-order valence-corrected chi connectivity index (χ1v) is 9.03. The Hall–Kier alpha value is -3.87. The quantitative estimate of drug-likeness (QED) is 0.511. The van der Waals surface area contributed by atoms with Crippen LogP contribution in [0.15, 0.2) is 66.7 Å². The van der Waals surface area contributed by atoms with Crippen molar-refractivity contribution in [3.05, 3.63) is 77.9 Å². The summed E-state index contributed by atoms with van der Waals surface area (Å²) >= 11 is 0. The molecule has 0 saturated heterocycles. The van der Waals surface area contributed by atoms with Crippen LogP contribution in [0.3, 0.4) is 0 Å². The lowest BCUT2D eigenvalue weighted by Gasteiger charge is -2.11. The van der Waals surface area contributed by atoms with E-state index in [1.165, 1.54) is 6.07 Å². The number of hydrogen-bond donors (Lipinski definition) is 3. The molecule has 7 heteroatoms. The molecule has 0 atom stereocenters. The molecule has 0 bridgehead atoms. The van der Waals surface area contributed by atoms with Crippen molar-refractivity contribution in [1.82, 2.24) is 10.6 Å². The Morgan fingerprint density at radius 2 is 1.38 bits per heavy atom. The summed E-state index contributed by atoms with van der Waals surface area (Å²) in [5.74, 6) is -1.41. The maximum atomic E-state index is 12.5. The molecule has 7 nitrogen and oxygen atoms in total. The molecular formula is C22H20N2O5. The van der Waals surface area contributed by atoms with Crippen molar-refractivity contribution in [3.8, 4) is 5.75 Å². The van der Waals surface area contributed by atoms with Gasteiger partial charge in [0.15, 0.2) is 6.61 Å². The third kappa shape index (κ3) is 5.32. The first-order chi connectivity index (χ1) is 14.0. The zero-order valence-electron chi connectivity index (χ0n) is 15.6. The fourth-order valence-corrected chi connectivity index (χ4v) is 2.79. The van der Waals surface area contributed by atoms with E-state index in [2.05, 4.69) is 10.6 Å². The van der Waals surface area contributed by atoms with Crippen molar-refractivity contribution in [2.24, 2.45) is 0 Å². The average molecular weight is 392 g/mol. The summed E-state index contributed by atoms with van der Waals surface area (Å²) < 4.78 is 5.33. The van der Waals surface area contributed by atoms with Crippen molar-refractivity contribution in [1.29, 1.82) is 0 Å². The van der Waals surface area contributed by atoms with Gasteiger partial charge in [-0.1, -0.05) is 42.5 Å². The van der Waals surface area contributed by atoms with Gasteiger partial charge in [-0.3, -0.25) is 9.59 Å². The molecule has 0 aromatic heterocycles. The lowest BCUT2D eigenvalue weighted by atomic mass is 10.0. The highest BCUT2D eigenvalue weighted by atomic mass is 16.5. The van der Waals surface area contributed by atoms with E-state index >= 15 is 0 Å².